The van der Waals surface area contributed by atoms with E-state index < -0.39 is 10.4 Å². The van der Waals surface area contributed by atoms with Gasteiger partial charge in [0.1, 0.15) is 0 Å². The molecule has 9 heteroatoms. The van der Waals surface area contributed by atoms with Gasteiger partial charge in [0.25, 0.3) is 0 Å². The smallest absolute Gasteiger partial charge is 1.00 e. The quantitative estimate of drug-likeness (QED) is 0.394. The summed E-state index contributed by atoms with van der Waals surface area (Å²) >= 11 is 0. The molecule has 0 aliphatic heterocycles. The zero-order valence-electron chi connectivity index (χ0n) is 8.11. The number of rotatable bonds is 0. The summed E-state index contributed by atoms with van der Waals surface area (Å²) in [5.74, 6) is 0. The molecule has 0 aromatic rings. The van der Waals surface area contributed by atoms with Gasteiger partial charge in [0, 0.05) is 35.6 Å². The Hall–Kier alpha value is 3.13. The summed E-state index contributed by atoms with van der Waals surface area (Å²) in [4.78, 5) is 0. The van der Waals surface area contributed by atoms with Crippen molar-refractivity contribution in [3.05, 3.63) is 0 Å². The Bertz CT molecular complexity index is 113. The molecule has 9 heavy (non-hydrogen) atoms. The summed E-state index contributed by atoms with van der Waals surface area (Å²) in [6, 6.07) is 0. The second-order valence-corrected chi connectivity index (χ2v) is 1.34. The minimum Gasteiger partial charge on any atom is -1.00 e. The zero-order chi connectivity index (χ0) is 4.50. The van der Waals surface area contributed by atoms with E-state index in [0.29, 0.717) is 0 Å². The summed E-state index contributed by atoms with van der Waals surface area (Å²) in [6.07, 6.45) is 0. The van der Waals surface area contributed by atoms with Gasteiger partial charge in [0.15, 0.2) is 17.4 Å². The Kier molecular flexibility index (Phi) is 45.0. The molecule has 2 N–H and O–H groups in total. The Morgan fingerprint density at radius 3 is 1.11 bits per heavy atom. The minimum atomic E-state index is -4.67. The van der Waals surface area contributed by atoms with Crippen molar-refractivity contribution in [1.82, 2.24) is 0 Å². The van der Waals surface area contributed by atoms with Crippen molar-refractivity contribution in [2.75, 3.05) is 0 Å². The second kappa shape index (κ2) is 13.7. The Morgan fingerprint density at radius 2 is 1.11 bits per heavy atom. The van der Waals surface area contributed by atoms with Crippen molar-refractivity contribution in [2.45, 2.75) is 0 Å². The molecule has 0 atom stereocenters. The molecular formula is H9AlLaMg2O4S. The van der Waals surface area contributed by atoms with Crippen LogP contribution in [0.1, 0.15) is 5.71 Å². The fourth-order valence-corrected chi connectivity index (χ4v) is 0. The molecule has 0 amide bonds. The zero-order valence-corrected chi connectivity index (χ0v) is 11.4. The van der Waals surface area contributed by atoms with Crippen molar-refractivity contribution < 1.29 is 58.8 Å². The molecule has 0 saturated heterocycles. The minimum absolute atomic E-state index is 0. The van der Waals surface area contributed by atoms with Crippen LogP contribution >= 0.6 is 0 Å². The first-order valence-corrected chi connectivity index (χ1v) is 2.10. The monoisotopic (exact) mass is 319 g/mol. The van der Waals surface area contributed by atoms with Crippen molar-refractivity contribution >= 4 is 73.9 Å². The summed E-state index contributed by atoms with van der Waals surface area (Å²) in [7, 11) is -4.67. The molecule has 0 aliphatic rings. The predicted octanol–water partition coefficient (Wildman–Crippen LogP) is -2.15. The maximum atomic E-state index is 8.74. The summed E-state index contributed by atoms with van der Waals surface area (Å²) in [5.41, 5.74) is 0. The fraction of sp³-hybridized carbons (Fsp3) is 0. The molecule has 0 saturated carbocycles. The van der Waals surface area contributed by atoms with Gasteiger partial charge in [0.2, 0.25) is 0 Å². The van der Waals surface area contributed by atoms with Crippen LogP contribution in [0.5, 0.6) is 0 Å². The molecule has 0 aromatic heterocycles. The first-order chi connectivity index (χ1) is 2.00. The van der Waals surface area contributed by atoms with E-state index in [1.54, 1.807) is 0 Å². The van der Waals surface area contributed by atoms with E-state index in [1.807, 2.05) is 0 Å². The Balaban J connectivity index is -0.00000000286. The topological polar surface area (TPSA) is 74.6 Å². The maximum absolute atomic E-state index is 8.74. The van der Waals surface area contributed by atoms with Crippen LogP contribution < -0.4 is 0 Å². The fourth-order valence-electron chi connectivity index (χ4n) is 0. The molecule has 0 unspecified atom stereocenters. The van der Waals surface area contributed by atoms with Gasteiger partial charge >= 0.3 is 56.5 Å². The first kappa shape index (κ1) is 29.6. The Labute approximate surface area is 130 Å². The molecule has 1 radical (unpaired) electrons. The molecule has 49 valence electrons. The van der Waals surface area contributed by atoms with Gasteiger partial charge in [-0.3, -0.25) is 9.11 Å². The average Bonchev–Trinajstić information content (AvgIpc) is 0.722. The molecule has 0 rings (SSSR count). The van der Waals surface area contributed by atoms with Crippen LogP contribution in [-0.4, -0.2) is 81.0 Å². The SMILES string of the molecule is O=S(=O)(O)O.[AlH3].[H-].[H-].[H-].[H-].[La].[Mg+2].[Mg+2]. The van der Waals surface area contributed by atoms with E-state index in [4.69, 9.17) is 17.5 Å². The summed E-state index contributed by atoms with van der Waals surface area (Å²) in [6.45, 7) is 0. The van der Waals surface area contributed by atoms with E-state index in [9.17, 15) is 0 Å². The molecule has 0 aliphatic carbocycles. The summed E-state index contributed by atoms with van der Waals surface area (Å²) in [5, 5.41) is 0. The van der Waals surface area contributed by atoms with Crippen molar-refractivity contribution in [1.29, 1.82) is 0 Å². The van der Waals surface area contributed by atoms with Crippen LogP contribution in [0.4, 0.5) is 0 Å². The van der Waals surface area contributed by atoms with Gasteiger partial charge in [-0.15, -0.1) is 0 Å². The largest absolute Gasteiger partial charge is 2.00 e. The number of hydrogen-bond acceptors (Lipinski definition) is 2. The molecule has 0 bridgehead atoms. The van der Waals surface area contributed by atoms with Crippen LogP contribution in [0.2, 0.25) is 0 Å². The van der Waals surface area contributed by atoms with Crippen molar-refractivity contribution in [3.63, 3.8) is 0 Å². The average molecular weight is 320 g/mol. The van der Waals surface area contributed by atoms with Crippen LogP contribution in [0, 0.1) is 35.6 Å². The third kappa shape index (κ3) is 94.7. The maximum Gasteiger partial charge on any atom is 2.00 e. The van der Waals surface area contributed by atoms with Crippen LogP contribution in [-0.2, 0) is 10.4 Å². The molecule has 0 heterocycles. The molecule has 4 nitrogen and oxygen atoms in total. The molecule has 0 fully saturated rings. The molecular weight excluding hydrogens is 311 g/mol. The number of hydrogen-bond donors (Lipinski definition) is 2. The van der Waals surface area contributed by atoms with Gasteiger partial charge in [-0.2, -0.15) is 8.42 Å². The van der Waals surface area contributed by atoms with Gasteiger partial charge in [-0.25, -0.2) is 0 Å². The molecule has 0 aromatic carbocycles. The standard InChI is InChI=1S/Al.La.2Mg.H2O4S.7H/c;;;;1-5(2,3)4;;;;;;;/h;;;;(H2,1,2,3,4);;;;;;;/q;;2*+2;;;;;4*-1. The first-order valence-electron chi connectivity index (χ1n) is 0.698. The van der Waals surface area contributed by atoms with Crippen molar-refractivity contribution in [2.24, 2.45) is 0 Å². The van der Waals surface area contributed by atoms with E-state index in [2.05, 4.69) is 0 Å². The van der Waals surface area contributed by atoms with Gasteiger partial charge in [-0.1, -0.05) is 0 Å². The van der Waals surface area contributed by atoms with E-state index in [0.717, 1.165) is 0 Å². The predicted molar refractivity (Wildman–Crippen MR) is 40.1 cm³/mol. The van der Waals surface area contributed by atoms with Gasteiger partial charge < -0.3 is 5.71 Å². The second-order valence-electron chi connectivity index (χ2n) is 0.448. The van der Waals surface area contributed by atoms with Crippen LogP contribution in [0.25, 0.3) is 0 Å². The third-order valence-corrected chi connectivity index (χ3v) is 0. The molecule has 0 spiro atoms. The van der Waals surface area contributed by atoms with Gasteiger partial charge in [-0.05, 0) is 0 Å². The van der Waals surface area contributed by atoms with Gasteiger partial charge in [0.05, 0.1) is 0 Å². The summed E-state index contributed by atoms with van der Waals surface area (Å²) < 4.78 is 31.6. The van der Waals surface area contributed by atoms with Crippen LogP contribution in [0.15, 0.2) is 0 Å². The van der Waals surface area contributed by atoms with E-state index in [1.165, 1.54) is 0 Å². The van der Waals surface area contributed by atoms with E-state index >= 15 is 0 Å². The normalized spacial score (nSPS) is 6.44. The Morgan fingerprint density at radius 1 is 1.11 bits per heavy atom. The van der Waals surface area contributed by atoms with Crippen molar-refractivity contribution in [3.8, 4) is 0 Å². The third-order valence-electron chi connectivity index (χ3n) is 0. The van der Waals surface area contributed by atoms with Crippen LogP contribution in [0.3, 0.4) is 0 Å². The van der Waals surface area contributed by atoms with E-state index in [-0.39, 0.29) is 105 Å².